The maximum absolute atomic E-state index is 12.7. The molecule has 1 aliphatic carbocycles. The molecule has 0 atom stereocenters. The summed E-state index contributed by atoms with van der Waals surface area (Å²) in [4.78, 5) is 38.3. The van der Waals surface area contributed by atoms with Crippen LogP contribution >= 0.6 is 0 Å². The van der Waals surface area contributed by atoms with Gasteiger partial charge in [-0.1, -0.05) is 6.07 Å². The molecule has 6 heteroatoms. The highest BCUT2D eigenvalue weighted by Crippen LogP contribution is 2.30. The molecule has 6 nitrogen and oxygen atoms in total. The summed E-state index contributed by atoms with van der Waals surface area (Å²) < 4.78 is 0. The number of likely N-dealkylation sites (tertiary alicyclic amines) is 1. The van der Waals surface area contributed by atoms with Crippen molar-refractivity contribution in [3.63, 3.8) is 0 Å². The minimum atomic E-state index is -0.0446. The average molecular weight is 343 g/mol. The third-order valence-electron chi connectivity index (χ3n) is 4.83. The van der Waals surface area contributed by atoms with Crippen LogP contribution in [0.1, 0.15) is 43.0 Å². The molecule has 134 valence electrons. The largest absolute Gasteiger partial charge is 0.356 e. The number of hydrogen-bond acceptors (Lipinski definition) is 3. The molecular formula is C19H25N3O3. The van der Waals surface area contributed by atoms with E-state index in [4.69, 9.17) is 0 Å². The van der Waals surface area contributed by atoms with E-state index in [-0.39, 0.29) is 29.6 Å². The molecule has 0 unspecified atom stereocenters. The van der Waals surface area contributed by atoms with Crippen molar-refractivity contribution in [2.75, 3.05) is 25.0 Å². The molecule has 2 fully saturated rings. The molecule has 1 aromatic carbocycles. The second-order valence-electron chi connectivity index (χ2n) is 6.81. The van der Waals surface area contributed by atoms with Crippen LogP contribution in [0.4, 0.5) is 5.69 Å². The normalized spacial score (nSPS) is 17.9. The van der Waals surface area contributed by atoms with Gasteiger partial charge in [0, 0.05) is 42.7 Å². The van der Waals surface area contributed by atoms with Crippen molar-refractivity contribution < 1.29 is 14.4 Å². The summed E-state index contributed by atoms with van der Waals surface area (Å²) in [5, 5.41) is 5.72. The fourth-order valence-corrected chi connectivity index (χ4v) is 3.17. The summed E-state index contributed by atoms with van der Waals surface area (Å²) >= 11 is 0. The topological polar surface area (TPSA) is 78.5 Å². The van der Waals surface area contributed by atoms with Gasteiger partial charge >= 0.3 is 0 Å². The van der Waals surface area contributed by atoms with Crippen LogP contribution in [0.15, 0.2) is 24.3 Å². The maximum atomic E-state index is 12.7. The van der Waals surface area contributed by atoms with Crippen molar-refractivity contribution in [2.45, 2.75) is 32.6 Å². The number of rotatable bonds is 5. The van der Waals surface area contributed by atoms with Gasteiger partial charge in [0.2, 0.25) is 11.8 Å². The van der Waals surface area contributed by atoms with Gasteiger partial charge in [0.05, 0.1) is 0 Å². The molecule has 1 aliphatic heterocycles. The molecule has 0 radical (unpaired) electrons. The first kappa shape index (κ1) is 17.5. The predicted octanol–water partition coefficient (Wildman–Crippen LogP) is 2.02. The smallest absolute Gasteiger partial charge is 0.253 e. The molecule has 3 amide bonds. The Morgan fingerprint density at radius 1 is 1.04 bits per heavy atom. The minimum absolute atomic E-state index is 0.00633. The van der Waals surface area contributed by atoms with E-state index in [0.29, 0.717) is 43.7 Å². The number of nitrogens with zero attached hydrogens (tertiary/aromatic N) is 1. The van der Waals surface area contributed by atoms with Crippen LogP contribution in [0.25, 0.3) is 0 Å². The quantitative estimate of drug-likeness (QED) is 0.858. The van der Waals surface area contributed by atoms with E-state index < -0.39 is 0 Å². The minimum Gasteiger partial charge on any atom is -0.356 e. The van der Waals surface area contributed by atoms with Crippen molar-refractivity contribution in [3.8, 4) is 0 Å². The van der Waals surface area contributed by atoms with Gasteiger partial charge in [-0.25, -0.2) is 0 Å². The number of piperidine rings is 1. The van der Waals surface area contributed by atoms with Crippen LogP contribution in [0.3, 0.4) is 0 Å². The number of anilines is 1. The van der Waals surface area contributed by atoms with E-state index in [9.17, 15) is 14.4 Å². The van der Waals surface area contributed by atoms with E-state index in [0.717, 1.165) is 12.8 Å². The highest BCUT2D eigenvalue weighted by molar-refractivity contribution is 5.98. The maximum Gasteiger partial charge on any atom is 0.253 e. The molecule has 0 bridgehead atoms. The molecule has 25 heavy (non-hydrogen) atoms. The Hall–Kier alpha value is -2.37. The van der Waals surface area contributed by atoms with Gasteiger partial charge in [-0.05, 0) is 50.8 Å². The number of carbonyl (C=O) groups excluding carboxylic acids is 3. The molecule has 1 saturated carbocycles. The summed E-state index contributed by atoms with van der Waals surface area (Å²) in [5.41, 5.74) is 1.24. The fraction of sp³-hybridized carbons (Fsp3) is 0.526. The lowest BCUT2D eigenvalue weighted by atomic mass is 9.95. The number of benzene rings is 1. The fourth-order valence-electron chi connectivity index (χ4n) is 3.17. The van der Waals surface area contributed by atoms with Gasteiger partial charge in [0.15, 0.2) is 0 Å². The van der Waals surface area contributed by atoms with Crippen LogP contribution in [0.2, 0.25) is 0 Å². The van der Waals surface area contributed by atoms with E-state index in [1.165, 1.54) is 0 Å². The van der Waals surface area contributed by atoms with Gasteiger partial charge in [-0.3, -0.25) is 14.4 Å². The molecule has 2 N–H and O–H groups in total. The van der Waals surface area contributed by atoms with Crippen LogP contribution in [-0.4, -0.2) is 42.3 Å². The van der Waals surface area contributed by atoms with Crippen molar-refractivity contribution in [1.29, 1.82) is 0 Å². The van der Waals surface area contributed by atoms with E-state index in [2.05, 4.69) is 10.6 Å². The SMILES string of the molecule is CCNC(=O)C1CCN(C(=O)c2cccc(NC(=O)C3CC3)c2)CC1. The van der Waals surface area contributed by atoms with Crippen LogP contribution in [0, 0.1) is 11.8 Å². The molecule has 2 aliphatic rings. The standard InChI is InChI=1S/C19H25N3O3/c1-2-20-17(23)14-8-10-22(11-9-14)19(25)15-4-3-5-16(12-15)21-18(24)13-6-7-13/h3-5,12-14H,2,6-11H2,1H3,(H,20,23)(H,21,24). The zero-order valence-corrected chi connectivity index (χ0v) is 14.6. The molecule has 1 saturated heterocycles. The number of hydrogen-bond donors (Lipinski definition) is 2. The number of nitrogens with one attached hydrogen (secondary N) is 2. The Balaban J connectivity index is 1.58. The van der Waals surface area contributed by atoms with Crippen LogP contribution in [-0.2, 0) is 9.59 Å². The zero-order chi connectivity index (χ0) is 17.8. The van der Waals surface area contributed by atoms with E-state index in [1.807, 2.05) is 6.92 Å². The van der Waals surface area contributed by atoms with Gasteiger partial charge < -0.3 is 15.5 Å². The first-order chi connectivity index (χ1) is 12.1. The van der Waals surface area contributed by atoms with Crippen molar-refractivity contribution in [2.24, 2.45) is 11.8 Å². The number of amides is 3. The van der Waals surface area contributed by atoms with Crippen LogP contribution in [0.5, 0.6) is 0 Å². The lowest BCUT2D eigenvalue weighted by molar-refractivity contribution is -0.126. The lowest BCUT2D eigenvalue weighted by Crippen LogP contribution is -2.43. The Bertz CT molecular complexity index is 662. The summed E-state index contributed by atoms with van der Waals surface area (Å²) in [6, 6.07) is 7.10. The summed E-state index contributed by atoms with van der Waals surface area (Å²) in [6.07, 6.45) is 3.28. The Morgan fingerprint density at radius 3 is 2.36 bits per heavy atom. The highest BCUT2D eigenvalue weighted by Gasteiger charge is 2.30. The summed E-state index contributed by atoms with van der Waals surface area (Å²) in [5.74, 6) is 0.199. The zero-order valence-electron chi connectivity index (χ0n) is 14.6. The second kappa shape index (κ2) is 7.68. The van der Waals surface area contributed by atoms with Gasteiger partial charge in [0.1, 0.15) is 0 Å². The van der Waals surface area contributed by atoms with Crippen LogP contribution < -0.4 is 10.6 Å². The highest BCUT2D eigenvalue weighted by atomic mass is 16.2. The third-order valence-corrected chi connectivity index (χ3v) is 4.83. The summed E-state index contributed by atoms with van der Waals surface area (Å²) in [6.45, 7) is 3.71. The Kier molecular flexibility index (Phi) is 5.36. The number of carbonyl (C=O) groups is 3. The van der Waals surface area contributed by atoms with Gasteiger partial charge in [-0.2, -0.15) is 0 Å². The molecule has 3 rings (SSSR count). The van der Waals surface area contributed by atoms with E-state index in [1.54, 1.807) is 29.2 Å². The second-order valence-corrected chi connectivity index (χ2v) is 6.81. The van der Waals surface area contributed by atoms with Crippen molar-refractivity contribution in [1.82, 2.24) is 10.2 Å². The van der Waals surface area contributed by atoms with Gasteiger partial charge in [-0.15, -0.1) is 0 Å². The molecular weight excluding hydrogens is 318 g/mol. The Morgan fingerprint density at radius 2 is 1.72 bits per heavy atom. The average Bonchev–Trinajstić information content (AvgIpc) is 3.47. The Labute approximate surface area is 148 Å². The molecule has 0 spiro atoms. The van der Waals surface area contributed by atoms with Crippen molar-refractivity contribution in [3.05, 3.63) is 29.8 Å². The predicted molar refractivity (Wildman–Crippen MR) is 95.1 cm³/mol. The van der Waals surface area contributed by atoms with Gasteiger partial charge in [0.25, 0.3) is 5.91 Å². The molecule has 1 heterocycles. The third kappa shape index (κ3) is 4.38. The summed E-state index contributed by atoms with van der Waals surface area (Å²) in [7, 11) is 0. The first-order valence-corrected chi connectivity index (χ1v) is 9.06. The monoisotopic (exact) mass is 343 g/mol. The van der Waals surface area contributed by atoms with Crippen molar-refractivity contribution >= 4 is 23.4 Å². The first-order valence-electron chi connectivity index (χ1n) is 9.06. The lowest BCUT2D eigenvalue weighted by Gasteiger charge is -2.31. The molecule has 0 aromatic heterocycles. The molecule has 1 aromatic rings. The van der Waals surface area contributed by atoms with E-state index >= 15 is 0 Å².